The smallest absolute Gasteiger partial charge is 0.233 e. The number of rotatable bonds is 3. The number of nitrogens with zero attached hydrogens (tertiary/aromatic N) is 5. The number of fused-ring (bicyclic) bond motifs is 1. The number of hydrogen-bond donors (Lipinski definition) is 0. The first-order valence-electron chi connectivity index (χ1n) is 7.23. The van der Waals surface area contributed by atoms with Crippen molar-refractivity contribution in [3.05, 3.63) is 12.5 Å². The van der Waals surface area contributed by atoms with E-state index in [0.717, 1.165) is 16.1 Å². The average Bonchev–Trinajstić information content (AvgIpc) is 2.86. The van der Waals surface area contributed by atoms with E-state index in [1.807, 2.05) is 25.8 Å². The zero-order valence-corrected chi connectivity index (χ0v) is 13.7. The second kappa shape index (κ2) is 6.21. The van der Waals surface area contributed by atoms with Crippen LogP contribution in [0.4, 0.5) is 0 Å². The first kappa shape index (κ1) is 15.2. The maximum absolute atomic E-state index is 12.4. The normalized spacial score (nSPS) is 22.2. The molecule has 0 unspecified atom stereocenters. The van der Waals surface area contributed by atoms with Crippen molar-refractivity contribution < 1.29 is 9.53 Å². The summed E-state index contributed by atoms with van der Waals surface area (Å²) in [5.74, 6) is 0.475. The molecule has 1 aliphatic heterocycles. The highest BCUT2D eigenvalue weighted by Gasteiger charge is 2.26. The van der Waals surface area contributed by atoms with E-state index >= 15 is 0 Å². The fourth-order valence-electron chi connectivity index (χ4n) is 2.66. The zero-order valence-electron chi connectivity index (χ0n) is 12.9. The van der Waals surface area contributed by atoms with E-state index in [0.29, 0.717) is 18.8 Å². The van der Waals surface area contributed by atoms with Crippen LogP contribution in [0.2, 0.25) is 0 Å². The molecular formula is C14H19N5O2S. The molecule has 2 atom stereocenters. The standard InChI is InChI=1S/C14H19N5O2S/c1-9-5-19(6-10(2)21-9)12(20)7-22-14-11-4-17-18(3)13(11)15-8-16-14/h4,8-10H,5-7H2,1-3H3/t9-,10+. The van der Waals surface area contributed by atoms with Gasteiger partial charge in [0, 0.05) is 20.1 Å². The molecule has 0 aliphatic carbocycles. The topological polar surface area (TPSA) is 73.1 Å². The van der Waals surface area contributed by atoms with Gasteiger partial charge in [-0.3, -0.25) is 9.48 Å². The molecule has 1 saturated heterocycles. The van der Waals surface area contributed by atoms with Crippen LogP contribution < -0.4 is 0 Å². The molecule has 22 heavy (non-hydrogen) atoms. The summed E-state index contributed by atoms with van der Waals surface area (Å²) >= 11 is 1.43. The molecule has 1 fully saturated rings. The molecule has 118 valence electrons. The summed E-state index contributed by atoms with van der Waals surface area (Å²) in [6, 6.07) is 0. The Labute approximate surface area is 133 Å². The molecule has 1 amide bonds. The third-order valence-electron chi connectivity index (χ3n) is 3.60. The van der Waals surface area contributed by atoms with Gasteiger partial charge in [-0.25, -0.2) is 9.97 Å². The Morgan fingerprint density at radius 2 is 2.09 bits per heavy atom. The Hall–Kier alpha value is -1.67. The summed E-state index contributed by atoms with van der Waals surface area (Å²) in [5.41, 5.74) is 0.776. The Kier molecular flexibility index (Phi) is 4.30. The molecule has 0 saturated carbocycles. The molecule has 0 radical (unpaired) electrons. The second-order valence-corrected chi connectivity index (χ2v) is 6.49. The lowest BCUT2D eigenvalue weighted by atomic mass is 10.2. The van der Waals surface area contributed by atoms with Crippen molar-refractivity contribution in [3.63, 3.8) is 0 Å². The Morgan fingerprint density at radius 1 is 1.36 bits per heavy atom. The summed E-state index contributed by atoms with van der Waals surface area (Å²) < 4.78 is 7.36. The lowest BCUT2D eigenvalue weighted by Gasteiger charge is -2.35. The third kappa shape index (κ3) is 3.07. The maximum Gasteiger partial charge on any atom is 0.233 e. The molecule has 0 spiro atoms. The number of amides is 1. The van der Waals surface area contributed by atoms with Gasteiger partial charge in [-0.2, -0.15) is 5.10 Å². The molecule has 0 aromatic carbocycles. The van der Waals surface area contributed by atoms with Crippen LogP contribution in [0, 0.1) is 0 Å². The quantitative estimate of drug-likeness (QED) is 0.622. The van der Waals surface area contributed by atoms with E-state index in [-0.39, 0.29) is 18.1 Å². The highest BCUT2D eigenvalue weighted by molar-refractivity contribution is 8.00. The predicted molar refractivity (Wildman–Crippen MR) is 83.6 cm³/mol. The van der Waals surface area contributed by atoms with E-state index in [4.69, 9.17) is 4.74 Å². The predicted octanol–water partition coefficient (Wildman–Crippen LogP) is 1.09. The van der Waals surface area contributed by atoms with Crippen molar-refractivity contribution in [1.82, 2.24) is 24.6 Å². The van der Waals surface area contributed by atoms with Crippen LogP contribution in [0.25, 0.3) is 11.0 Å². The van der Waals surface area contributed by atoms with Crippen molar-refractivity contribution >= 4 is 28.7 Å². The monoisotopic (exact) mass is 321 g/mol. The fraction of sp³-hybridized carbons (Fsp3) is 0.571. The molecule has 7 nitrogen and oxygen atoms in total. The van der Waals surface area contributed by atoms with Gasteiger partial charge >= 0.3 is 0 Å². The van der Waals surface area contributed by atoms with Gasteiger partial charge in [0.1, 0.15) is 11.4 Å². The van der Waals surface area contributed by atoms with E-state index < -0.39 is 0 Å². The minimum absolute atomic E-state index is 0.0850. The largest absolute Gasteiger partial charge is 0.372 e. The lowest BCUT2D eigenvalue weighted by molar-refractivity contribution is -0.140. The Morgan fingerprint density at radius 3 is 2.82 bits per heavy atom. The van der Waals surface area contributed by atoms with Crippen LogP contribution in [0.15, 0.2) is 17.6 Å². The van der Waals surface area contributed by atoms with Gasteiger partial charge in [0.05, 0.1) is 29.5 Å². The van der Waals surface area contributed by atoms with Crippen LogP contribution in [-0.2, 0) is 16.6 Å². The Bertz CT molecular complexity index is 679. The number of aromatic nitrogens is 4. The number of carbonyl (C=O) groups excluding carboxylic acids is 1. The van der Waals surface area contributed by atoms with Crippen molar-refractivity contribution in [2.24, 2.45) is 7.05 Å². The van der Waals surface area contributed by atoms with Crippen LogP contribution in [0.1, 0.15) is 13.8 Å². The molecule has 3 heterocycles. The van der Waals surface area contributed by atoms with E-state index in [2.05, 4.69) is 15.1 Å². The van der Waals surface area contributed by atoms with E-state index in [1.165, 1.54) is 18.1 Å². The van der Waals surface area contributed by atoms with Gasteiger partial charge < -0.3 is 9.64 Å². The molecular weight excluding hydrogens is 302 g/mol. The van der Waals surface area contributed by atoms with Gasteiger partial charge in [-0.15, -0.1) is 0 Å². The van der Waals surface area contributed by atoms with Crippen LogP contribution in [0.5, 0.6) is 0 Å². The minimum Gasteiger partial charge on any atom is -0.372 e. The summed E-state index contributed by atoms with van der Waals surface area (Å²) in [6.07, 6.45) is 3.42. The Balaban J connectivity index is 1.67. The fourth-order valence-corrected chi connectivity index (χ4v) is 3.52. The molecule has 0 bridgehead atoms. The van der Waals surface area contributed by atoms with Crippen molar-refractivity contribution in [2.45, 2.75) is 31.1 Å². The van der Waals surface area contributed by atoms with Gasteiger partial charge in [0.25, 0.3) is 0 Å². The summed E-state index contributed by atoms with van der Waals surface area (Å²) in [5, 5.41) is 5.86. The van der Waals surface area contributed by atoms with Crippen molar-refractivity contribution in [3.8, 4) is 0 Å². The first-order valence-corrected chi connectivity index (χ1v) is 8.22. The molecule has 1 aliphatic rings. The maximum atomic E-state index is 12.4. The SMILES string of the molecule is C[C@@H]1CN(C(=O)CSc2ncnc3c2cnn3C)C[C@H](C)O1. The van der Waals surface area contributed by atoms with Crippen LogP contribution in [-0.4, -0.2) is 61.6 Å². The van der Waals surface area contributed by atoms with Gasteiger partial charge in [-0.05, 0) is 13.8 Å². The summed E-state index contributed by atoms with van der Waals surface area (Å²) in [7, 11) is 1.84. The molecule has 2 aromatic heterocycles. The number of aryl methyl sites for hydroxylation is 1. The highest BCUT2D eigenvalue weighted by atomic mass is 32.2. The molecule has 3 rings (SSSR count). The number of morpholine rings is 1. The van der Waals surface area contributed by atoms with Gasteiger partial charge in [0.15, 0.2) is 5.65 Å². The molecule has 8 heteroatoms. The number of ether oxygens (including phenoxy) is 1. The minimum atomic E-state index is 0.0850. The van der Waals surface area contributed by atoms with Crippen molar-refractivity contribution in [2.75, 3.05) is 18.8 Å². The van der Waals surface area contributed by atoms with Crippen LogP contribution >= 0.6 is 11.8 Å². The third-order valence-corrected chi connectivity index (χ3v) is 4.59. The van der Waals surface area contributed by atoms with Crippen molar-refractivity contribution in [1.29, 1.82) is 0 Å². The summed E-state index contributed by atoms with van der Waals surface area (Å²) in [6.45, 7) is 5.28. The molecule has 0 N–H and O–H groups in total. The van der Waals surface area contributed by atoms with Gasteiger partial charge in [0.2, 0.25) is 5.91 Å². The molecule has 2 aromatic rings. The number of thioether (sulfide) groups is 1. The summed E-state index contributed by atoms with van der Waals surface area (Å²) in [4.78, 5) is 22.7. The average molecular weight is 321 g/mol. The number of hydrogen-bond acceptors (Lipinski definition) is 6. The van der Waals surface area contributed by atoms with Gasteiger partial charge in [-0.1, -0.05) is 11.8 Å². The highest BCUT2D eigenvalue weighted by Crippen LogP contribution is 2.24. The van der Waals surface area contributed by atoms with Crippen LogP contribution in [0.3, 0.4) is 0 Å². The van der Waals surface area contributed by atoms with E-state index in [1.54, 1.807) is 10.9 Å². The second-order valence-electron chi connectivity index (χ2n) is 5.53. The van der Waals surface area contributed by atoms with E-state index in [9.17, 15) is 4.79 Å². The number of carbonyl (C=O) groups is 1. The lowest BCUT2D eigenvalue weighted by Crippen LogP contribution is -2.48. The first-order chi connectivity index (χ1) is 10.5. The zero-order chi connectivity index (χ0) is 15.7.